The molecular weight excluding hydrogens is 304 g/mol. The normalized spacial score (nSPS) is 21.9. The molecule has 1 saturated heterocycles. The first-order valence-electron chi connectivity index (χ1n) is 9.21. The van der Waals surface area contributed by atoms with E-state index in [1.54, 1.807) is 13.0 Å². The number of nitrogens with zero attached hydrogens (tertiary/aromatic N) is 1. The summed E-state index contributed by atoms with van der Waals surface area (Å²) in [5.41, 5.74) is 0.519. The smallest absolute Gasteiger partial charge is 0.255 e. The molecule has 1 aliphatic heterocycles. The molecule has 1 N–H and O–H groups in total. The van der Waals surface area contributed by atoms with Crippen molar-refractivity contribution in [3.8, 4) is 0 Å². The van der Waals surface area contributed by atoms with Gasteiger partial charge in [-0.1, -0.05) is 19.3 Å². The maximum Gasteiger partial charge on any atom is 0.255 e. The van der Waals surface area contributed by atoms with E-state index < -0.39 is 0 Å². The van der Waals surface area contributed by atoms with Gasteiger partial charge in [0.2, 0.25) is 5.91 Å². The zero-order valence-corrected chi connectivity index (χ0v) is 14.8. The largest absolute Gasteiger partial charge is 0.466 e. The lowest BCUT2D eigenvalue weighted by Gasteiger charge is -2.34. The van der Waals surface area contributed by atoms with Crippen molar-refractivity contribution in [2.24, 2.45) is 5.92 Å². The van der Waals surface area contributed by atoms with E-state index in [-0.39, 0.29) is 18.4 Å². The van der Waals surface area contributed by atoms with E-state index in [0.29, 0.717) is 29.0 Å². The molecule has 1 aromatic rings. The summed E-state index contributed by atoms with van der Waals surface area (Å²) in [6.07, 6.45) is 8.60. The van der Waals surface area contributed by atoms with E-state index in [4.69, 9.17) is 4.42 Å². The third-order valence-electron chi connectivity index (χ3n) is 5.50. The minimum atomic E-state index is -0.230. The van der Waals surface area contributed by atoms with E-state index in [0.717, 1.165) is 19.4 Å². The van der Waals surface area contributed by atoms with Gasteiger partial charge >= 0.3 is 0 Å². The summed E-state index contributed by atoms with van der Waals surface area (Å²) in [6.45, 7) is 4.49. The van der Waals surface area contributed by atoms with E-state index in [1.807, 2.05) is 11.8 Å². The number of furan rings is 1. The van der Waals surface area contributed by atoms with E-state index in [1.165, 1.54) is 32.1 Å². The predicted octanol–water partition coefficient (Wildman–Crippen LogP) is 3.20. The monoisotopic (exact) mass is 332 g/mol. The molecule has 2 fully saturated rings. The molecule has 2 amide bonds. The number of nitrogens with one attached hydrogen (secondary N) is 1. The van der Waals surface area contributed by atoms with Gasteiger partial charge in [-0.2, -0.15) is 0 Å². The van der Waals surface area contributed by atoms with Crippen molar-refractivity contribution in [1.29, 1.82) is 0 Å². The molecule has 1 atom stereocenters. The molecule has 132 valence electrons. The van der Waals surface area contributed by atoms with Crippen LogP contribution < -0.4 is 5.32 Å². The average Bonchev–Trinajstić information content (AvgIpc) is 3.19. The van der Waals surface area contributed by atoms with Crippen LogP contribution in [0.3, 0.4) is 0 Å². The third kappa shape index (κ3) is 3.65. The van der Waals surface area contributed by atoms with Crippen LogP contribution in [0.2, 0.25) is 0 Å². The molecule has 1 aromatic heterocycles. The number of hydrogen-bond donors (Lipinski definition) is 1. The topological polar surface area (TPSA) is 62.6 Å². The number of amides is 2. The van der Waals surface area contributed by atoms with Crippen molar-refractivity contribution < 1.29 is 14.0 Å². The van der Waals surface area contributed by atoms with Crippen LogP contribution in [0.25, 0.3) is 0 Å². The Bertz CT molecular complexity index is 602. The zero-order valence-electron chi connectivity index (χ0n) is 14.8. The second kappa shape index (κ2) is 7.41. The Morgan fingerprint density at radius 1 is 1.17 bits per heavy atom. The van der Waals surface area contributed by atoms with Gasteiger partial charge in [-0.25, -0.2) is 0 Å². The summed E-state index contributed by atoms with van der Waals surface area (Å²) in [6, 6.07) is 2.10. The first-order chi connectivity index (χ1) is 11.6. The van der Waals surface area contributed by atoms with Gasteiger partial charge in [-0.15, -0.1) is 0 Å². The summed E-state index contributed by atoms with van der Waals surface area (Å²) in [5, 5.41) is 2.76. The van der Waals surface area contributed by atoms with Crippen LogP contribution in [0.5, 0.6) is 0 Å². The summed E-state index contributed by atoms with van der Waals surface area (Å²) in [4.78, 5) is 26.9. The highest BCUT2D eigenvalue weighted by Crippen LogP contribution is 2.34. The quantitative estimate of drug-likeness (QED) is 0.921. The molecule has 2 aliphatic rings. The summed E-state index contributed by atoms with van der Waals surface area (Å²) in [7, 11) is 0. The molecule has 5 heteroatoms. The lowest BCUT2D eigenvalue weighted by Crippen LogP contribution is -2.45. The predicted molar refractivity (Wildman–Crippen MR) is 91.8 cm³/mol. The Morgan fingerprint density at radius 2 is 1.92 bits per heavy atom. The number of aryl methyl sites for hydroxylation is 2. The minimum Gasteiger partial charge on any atom is -0.466 e. The Hall–Kier alpha value is -1.78. The van der Waals surface area contributed by atoms with Gasteiger partial charge in [-0.3, -0.25) is 9.59 Å². The van der Waals surface area contributed by atoms with E-state index in [9.17, 15) is 9.59 Å². The summed E-state index contributed by atoms with van der Waals surface area (Å²) >= 11 is 0. The Morgan fingerprint density at radius 3 is 2.58 bits per heavy atom. The Kier molecular flexibility index (Phi) is 5.27. The molecule has 5 nitrogen and oxygen atoms in total. The SMILES string of the molecule is Cc1cc(C(=O)NCC(=O)N2CCC[C@@H]2C2CCCCC2)c(C)o1. The number of carbonyl (C=O) groups is 2. The van der Waals surface area contributed by atoms with Crippen molar-refractivity contribution in [1.82, 2.24) is 10.2 Å². The van der Waals surface area contributed by atoms with Crippen LogP contribution in [0.15, 0.2) is 10.5 Å². The fraction of sp³-hybridized carbons (Fsp3) is 0.684. The molecule has 1 aliphatic carbocycles. The van der Waals surface area contributed by atoms with Gasteiger partial charge in [0.25, 0.3) is 5.91 Å². The highest BCUT2D eigenvalue weighted by atomic mass is 16.3. The lowest BCUT2D eigenvalue weighted by molar-refractivity contribution is -0.132. The fourth-order valence-electron chi connectivity index (χ4n) is 4.32. The standard InChI is InChI=1S/C19H28N2O3/c1-13-11-16(14(2)24-13)19(23)20-12-18(22)21-10-6-9-17(21)15-7-4-3-5-8-15/h11,15,17H,3-10,12H2,1-2H3,(H,20,23)/t17-/m1/s1. The minimum absolute atomic E-state index is 0.0503. The molecule has 3 rings (SSSR count). The van der Waals surface area contributed by atoms with Crippen molar-refractivity contribution in [3.05, 3.63) is 23.2 Å². The molecule has 0 bridgehead atoms. The highest BCUT2D eigenvalue weighted by molar-refractivity contribution is 5.97. The average molecular weight is 332 g/mol. The van der Waals surface area contributed by atoms with Crippen LogP contribution in [0, 0.1) is 19.8 Å². The molecule has 0 spiro atoms. The van der Waals surface area contributed by atoms with Crippen molar-refractivity contribution in [2.75, 3.05) is 13.1 Å². The molecule has 0 aromatic carbocycles. The van der Waals surface area contributed by atoms with Gasteiger partial charge in [0.1, 0.15) is 11.5 Å². The lowest BCUT2D eigenvalue weighted by atomic mass is 9.83. The maximum atomic E-state index is 12.6. The zero-order chi connectivity index (χ0) is 17.1. The van der Waals surface area contributed by atoms with E-state index >= 15 is 0 Å². The van der Waals surface area contributed by atoms with Crippen LogP contribution >= 0.6 is 0 Å². The summed E-state index contributed by atoms with van der Waals surface area (Å²) < 4.78 is 5.38. The fourth-order valence-corrected chi connectivity index (χ4v) is 4.32. The van der Waals surface area contributed by atoms with Crippen LogP contribution in [-0.4, -0.2) is 35.8 Å². The van der Waals surface area contributed by atoms with Gasteiger partial charge in [-0.05, 0) is 51.5 Å². The Balaban J connectivity index is 1.56. The van der Waals surface area contributed by atoms with Gasteiger partial charge in [0.15, 0.2) is 0 Å². The number of likely N-dealkylation sites (tertiary alicyclic amines) is 1. The van der Waals surface area contributed by atoms with Gasteiger partial charge < -0.3 is 14.6 Å². The third-order valence-corrected chi connectivity index (χ3v) is 5.50. The number of carbonyl (C=O) groups excluding carboxylic acids is 2. The molecule has 1 saturated carbocycles. The number of hydrogen-bond acceptors (Lipinski definition) is 3. The Labute approximate surface area is 143 Å². The van der Waals surface area contributed by atoms with Crippen LogP contribution in [0.4, 0.5) is 0 Å². The molecule has 0 radical (unpaired) electrons. The van der Waals surface area contributed by atoms with Gasteiger partial charge in [0, 0.05) is 12.6 Å². The molecule has 2 heterocycles. The second-order valence-electron chi connectivity index (χ2n) is 7.20. The van der Waals surface area contributed by atoms with Crippen molar-refractivity contribution >= 4 is 11.8 Å². The van der Waals surface area contributed by atoms with Crippen LogP contribution in [-0.2, 0) is 4.79 Å². The summed E-state index contributed by atoms with van der Waals surface area (Å²) in [5.74, 6) is 1.78. The van der Waals surface area contributed by atoms with Gasteiger partial charge in [0.05, 0.1) is 12.1 Å². The molecular formula is C19H28N2O3. The van der Waals surface area contributed by atoms with E-state index in [2.05, 4.69) is 5.32 Å². The maximum absolute atomic E-state index is 12.6. The van der Waals surface area contributed by atoms with Crippen LogP contribution in [0.1, 0.15) is 66.8 Å². The highest BCUT2D eigenvalue weighted by Gasteiger charge is 2.35. The number of rotatable bonds is 4. The first-order valence-corrected chi connectivity index (χ1v) is 9.21. The molecule has 24 heavy (non-hydrogen) atoms. The first kappa shape index (κ1) is 17.1. The van der Waals surface area contributed by atoms with Crippen molar-refractivity contribution in [2.45, 2.75) is 64.8 Å². The molecule has 0 unspecified atom stereocenters. The van der Waals surface area contributed by atoms with Crippen molar-refractivity contribution in [3.63, 3.8) is 0 Å². The second-order valence-corrected chi connectivity index (χ2v) is 7.20.